The van der Waals surface area contributed by atoms with Crippen LogP contribution in [0.1, 0.15) is 22.7 Å². The Labute approximate surface area is 210 Å². The van der Waals surface area contributed by atoms with E-state index in [1.54, 1.807) is 0 Å². The van der Waals surface area contributed by atoms with Gasteiger partial charge in [-0.2, -0.15) is 0 Å². The Morgan fingerprint density at radius 3 is 2.00 bits per heavy atom. The lowest BCUT2D eigenvalue weighted by Gasteiger charge is -2.20. The smallest absolute Gasteiger partial charge is 0.231 e. The maximum Gasteiger partial charge on any atom is 0.231 e. The summed E-state index contributed by atoms with van der Waals surface area (Å²) in [5.41, 5.74) is 5.46. The first-order chi connectivity index (χ1) is 17.3. The Bertz CT molecular complexity index is 1350. The van der Waals surface area contributed by atoms with Crippen molar-refractivity contribution in [2.24, 2.45) is 0 Å². The summed E-state index contributed by atoms with van der Waals surface area (Å²) in [5, 5.41) is 4.10. The number of para-hydroxylation sites is 2. The molecule has 0 bridgehead atoms. The summed E-state index contributed by atoms with van der Waals surface area (Å²) in [6, 6.07) is 38.6. The summed E-state index contributed by atoms with van der Waals surface area (Å²) < 4.78 is 2.23. The molecule has 0 fully saturated rings. The first-order valence-electron chi connectivity index (χ1n) is 11.8. The quantitative estimate of drug-likeness (QED) is 0.254. The number of imidazole rings is 1. The van der Waals surface area contributed by atoms with Gasteiger partial charge in [-0.15, -0.1) is 0 Å². The van der Waals surface area contributed by atoms with Gasteiger partial charge >= 0.3 is 0 Å². The van der Waals surface area contributed by atoms with Crippen molar-refractivity contribution >= 4 is 28.7 Å². The van der Waals surface area contributed by atoms with Crippen LogP contribution in [0.2, 0.25) is 0 Å². The molecule has 0 aliphatic heterocycles. The van der Waals surface area contributed by atoms with E-state index in [1.807, 2.05) is 84.9 Å². The van der Waals surface area contributed by atoms with Gasteiger partial charge in [0.1, 0.15) is 0 Å². The summed E-state index contributed by atoms with van der Waals surface area (Å²) in [6.07, 6.45) is 0.908. The van der Waals surface area contributed by atoms with E-state index in [0.717, 1.165) is 40.3 Å². The van der Waals surface area contributed by atoms with Crippen molar-refractivity contribution in [1.29, 1.82) is 0 Å². The van der Waals surface area contributed by atoms with Gasteiger partial charge in [0.15, 0.2) is 5.16 Å². The van der Waals surface area contributed by atoms with Crippen LogP contribution in [0.4, 0.5) is 0 Å². The maximum absolute atomic E-state index is 13.1. The van der Waals surface area contributed by atoms with Gasteiger partial charge in [-0.3, -0.25) is 4.79 Å². The van der Waals surface area contributed by atoms with Crippen molar-refractivity contribution in [2.75, 3.05) is 5.75 Å². The minimum Gasteiger partial charge on any atom is -0.344 e. The average Bonchev–Trinajstić information content (AvgIpc) is 3.28. The van der Waals surface area contributed by atoms with Crippen molar-refractivity contribution in [3.05, 3.63) is 132 Å². The van der Waals surface area contributed by atoms with Gasteiger partial charge < -0.3 is 9.88 Å². The third-order valence-electron chi connectivity index (χ3n) is 5.99. The molecule has 5 aromatic rings. The second-order valence-corrected chi connectivity index (χ2v) is 9.32. The molecule has 35 heavy (non-hydrogen) atoms. The average molecular weight is 478 g/mol. The Morgan fingerprint density at radius 2 is 1.34 bits per heavy atom. The number of benzene rings is 4. The number of nitrogens with zero attached hydrogens (tertiary/aromatic N) is 2. The molecule has 0 radical (unpaired) electrons. The van der Waals surface area contributed by atoms with Gasteiger partial charge in [0, 0.05) is 6.54 Å². The van der Waals surface area contributed by atoms with Crippen molar-refractivity contribution in [1.82, 2.24) is 14.9 Å². The number of hydrogen-bond acceptors (Lipinski definition) is 3. The van der Waals surface area contributed by atoms with Gasteiger partial charge in [-0.25, -0.2) is 4.98 Å². The normalized spacial score (nSPS) is 11.1. The number of fused-ring (bicyclic) bond motifs is 1. The third-order valence-corrected chi connectivity index (χ3v) is 6.97. The van der Waals surface area contributed by atoms with Gasteiger partial charge in [-0.1, -0.05) is 115 Å². The molecule has 0 unspecified atom stereocenters. The minimum absolute atomic E-state index is 0.0191. The number of carbonyl (C=O) groups excluding carboxylic acids is 1. The Kier molecular flexibility index (Phi) is 7.25. The SMILES string of the molecule is O=C(CSc1nc2ccccc2n1CCc1ccccc1)NC(c1ccccc1)c1ccccc1. The number of aromatic nitrogens is 2. The second kappa shape index (κ2) is 11.1. The molecule has 4 nitrogen and oxygen atoms in total. The summed E-state index contributed by atoms with van der Waals surface area (Å²) >= 11 is 1.49. The molecule has 0 saturated heterocycles. The zero-order valence-corrected chi connectivity index (χ0v) is 20.2. The molecule has 5 heteroatoms. The molecule has 1 amide bonds. The van der Waals surface area contributed by atoms with Gasteiger partial charge in [0.05, 0.1) is 22.8 Å². The molecule has 0 aliphatic rings. The number of amides is 1. The maximum atomic E-state index is 13.1. The topological polar surface area (TPSA) is 46.9 Å². The molecule has 1 N–H and O–H groups in total. The Hall–Kier alpha value is -3.83. The second-order valence-electron chi connectivity index (χ2n) is 8.38. The molecule has 0 saturated carbocycles. The van der Waals surface area contributed by atoms with Crippen LogP contribution in [0.5, 0.6) is 0 Å². The molecule has 0 atom stereocenters. The first kappa shape index (κ1) is 22.9. The number of hydrogen-bond donors (Lipinski definition) is 1. The summed E-state index contributed by atoms with van der Waals surface area (Å²) in [6.45, 7) is 0.811. The van der Waals surface area contributed by atoms with E-state index in [2.05, 4.69) is 40.2 Å². The lowest BCUT2D eigenvalue weighted by Crippen LogP contribution is -2.30. The fourth-order valence-corrected chi connectivity index (χ4v) is 5.10. The number of nitrogens with one attached hydrogen (secondary N) is 1. The van der Waals surface area contributed by atoms with E-state index in [4.69, 9.17) is 4.98 Å². The number of rotatable bonds is 9. The summed E-state index contributed by atoms with van der Waals surface area (Å²) in [7, 11) is 0. The monoisotopic (exact) mass is 477 g/mol. The van der Waals surface area contributed by atoms with E-state index in [1.165, 1.54) is 17.3 Å². The molecular formula is C30H27N3OS. The highest BCUT2D eigenvalue weighted by Crippen LogP contribution is 2.26. The van der Waals surface area contributed by atoms with E-state index in [9.17, 15) is 4.79 Å². The summed E-state index contributed by atoms with van der Waals surface area (Å²) in [5.74, 6) is 0.277. The van der Waals surface area contributed by atoms with Crippen LogP contribution in [-0.4, -0.2) is 21.2 Å². The molecule has 1 heterocycles. The van der Waals surface area contributed by atoms with Crippen molar-refractivity contribution < 1.29 is 4.79 Å². The van der Waals surface area contributed by atoms with Gasteiger partial charge in [0.25, 0.3) is 0 Å². The largest absolute Gasteiger partial charge is 0.344 e. The van der Waals surface area contributed by atoms with E-state index in [-0.39, 0.29) is 11.9 Å². The highest BCUT2D eigenvalue weighted by Gasteiger charge is 2.18. The van der Waals surface area contributed by atoms with E-state index in [0.29, 0.717) is 5.75 Å². The lowest BCUT2D eigenvalue weighted by atomic mass is 9.99. The predicted molar refractivity (Wildman–Crippen MR) is 143 cm³/mol. The molecule has 0 spiro atoms. The molecule has 4 aromatic carbocycles. The highest BCUT2D eigenvalue weighted by atomic mass is 32.2. The standard InChI is InChI=1S/C30H27N3OS/c34-28(32-29(24-14-6-2-7-15-24)25-16-8-3-9-17-25)22-35-30-31-26-18-10-11-19-27(26)33(30)21-20-23-12-4-1-5-13-23/h1-19,29H,20-22H2,(H,32,34). The lowest BCUT2D eigenvalue weighted by molar-refractivity contribution is -0.119. The molecule has 5 rings (SSSR count). The number of aryl methyl sites for hydroxylation is 2. The first-order valence-corrected chi connectivity index (χ1v) is 12.8. The fourth-order valence-electron chi connectivity index (χ4n) is 4.25. The highest BCUT2D eigenvalue weighted by molar-refractivity contribution is 7.99. The Morgan fingerprint density at radius 1 is 0.771 bits per heavy atom. The van der Waals surface area contributed by atoms with Crippen LogP contribution < -0.4 is 5.32 Å². The van der Waals surface area contributed by atoms with Crippen LogP contribution in [0.3, 0.4) is 0 Å². The third kappa shape index (κ3) is 5.64. The van der Waals surface area contributed by atoms with Gasteiger partial charge in [-0.05, 0) is 35.2 Å². The predicted octanol–water partition coefficient (Wildman–Crippen LogP) is 6.28. The zero-order valence-electron chi connectivity index (χ0n) is 19.4. The summed E-state index contributed by atoms with van der Waals surface area (Å²) in [4.78, 5) is 17.9. The van der Waals surface area contributed by atoms with Crippen molar-refractivity contribution in [2.45, 2.75) is 24.2 Å². The fraction of sp³-hybridized carbons (Fsp3) is 0.133. The molecule has 1 aromatic heterocycles. The van der Waals surface area contributed by atoms with Crippen molar-refractivity contribution in [3.63, 3.8) is 0 Å². The van der Waals surface area contributed by atoms with Crippen LogP contribution >= 0.6 is 11.8 Å². The molecule has 0 aliphatic carbocycles. The van der Waals surface area contributed by atoms with Gasteiger partial charge in [0.2, 0.25) is 5.91 Å². The number of thioether (sulfide) groups is 1. The molecular weight excluding hydrogens is 450 g/mol. The van der Waals surface area contributed by atoms with Crippen molar-refractivity contribution in [3.8, 4) is 0 Å². The zero-order chi connectivity index (χ0) is 23.9. The number of carbonyl (C=O) groups is 1. The van der Waals surface area contributed by atoms with E-state index < -0.39 is 0 Å². The Balaban J connectivity index is 1.32. The minimum atomic E-state index is -0.192. The van der Waals surface area contributed by atoms with Crippen LogP contribution in [0, 0.1) is 0 Å². The van der Waals surface area contributed by atoms with Crippen LogP contribution in [0.25, 0.3) is 11.0 Å². The van der Waals surface area contributed by atoms with E-state index >= 15 is 0 Å². The molecule has 174 valence electrons. The van der Waals surface area contributed by atoms with Crippen LogP contribution in [0.15, 0.2) is 120 Å². The van der Waals surface area contributed by atoms with Crippen LogP contribution in [-0.2, 0) is 17.8 Å².